The number of nitrogens with zero attached hydrogens (tertiary/aromatic N) is 1. The average molecular weight is 421 g/mol. The van der Waals surface area contributed by atoms with Crippen LogP contribution in [0.15, 0.2) is 42.5 Å². The Morgan fingerprint density at radius 3 is 2.62 bits per heavy atom. The standard InChI is InChI=1S/C20H18ClFN2O5/c1-28-15-5-3-14(4-6-15)24-10-12(8-19(24)26)20(27)29-11-18(25)23-13-2-7-17(22)16(21)9-13/h2-7,9,12H,8,10-11H2,1H3,(H,23,25). The molecule has 1 aliphatic heterocycles. The average Bonchev–Trinajstić information content (AvgIpc) is 3.11. The molecule has 0 aromatic heterocycles. The van der Waals surface area contributed by atoms with E-state index in [2.05, 4.69) is 5.32 Å². The van der Waals surface area contributed by atoms with Crippen molar-refractivity contribution < 1.29 is 28.2 Å². The summed E-state index contributed by atoms with van der Waals surface area (Å²) in [5, 5.41) is 2.32. The molecule has 1 atom stereocenters. The maximum Gasteiger partial charge on any atom is 0.311 e. The van der Waals surface area contributed by atoms with Gasteiger partial charge in [-0.3, -0.25) is 14.4 Å². The van der Waals surface area contributed by atoms with E-state index in [1.807, 2.05) is 0 Å². The summed E-state index contributed by atoms with van der Waals surface area (Å²) in [6.07, 6.45) is 0.0000512. The van der Waals surface area contributed by atoms with E-state index in [4.69, 9.17) is 21.1 Å². The van der Waals surface area contributed by atoms with Crippen molar-refractivity contribution in [3.63, 3.8) is 0 Å². The molecule has 1 heterocycles. The van der Waals surface area contributed by atoms with Crippen LogP contribution in [0.1, 0.15) is 6.42 Å². The smallest absolute Gasteiger partial charge is 0.311 e. The van der Waals surface area contributed by atoms with Crippen LogP contribution in [0.3, 0.4) is 0 Å². The van der Waals surface area contributed by atoms with Gasteiger partial charge in [0.1, 0.15) is 11.6 Å². The number of esters is 1. The second-order valence-electron chi connectivity index (χ2n) is 6.39. The van der Waals surface area contributed by atoms with Gasteiger partial charge in [-0.25, -0.2) is 4.39 Å². The van der Waals surface area contributed by atoms with Gasteiger partial charge >= 0.3 is 5.97 Å². The lowest BCUT2D eigenvalue weighted by molar-refractivity contribution is -0.151. The second kappa shape index (κ2) is 8.91. The SMILES string of the molecule is COc1ccc(N2CC(C(=O)OCC(=O)Nc3ccc(F)c(Cl)c3)CC2=O)cc1. The van der Waals surface area contributed by atoms with E-state index in [-0.39, 0.29) is 29.6 Å². The first-order chi connectivity index (χ1) is 13.9. The summed E-state index contributed by atoms with van der Waals surface area (Å²) in [4.78, 5) is 37.9. The van der Waals surface area contributed by atoms with Gasteiger partial charge in [-0.15, -0.1) is 0 Å². The van der Waals surface area contributed by atoms with Crippen LogP contribution >= 0.6 is 11.6 Å². The summed E-state index contributed by atoms with van der Waals surface area (Å²) in [6, 6.07) is 10.6. The number of benzene rings is 2. The summed E-state index contributed by atoms with van der Waals surface area (Å²) in [6.45, 7) is -0.361. The Bertz CT molecular complexity index is 935. The molecule has 0 radical (unpaired) electrons. The Kier molecular flexibility index (Phi) is 6.33. The summed E-state index contributed by atoms with van der Waals surface area (Å²) in [5.74, 6) is -2.06. The van der Waals surface area contributed by atoms with E-state index >= 15 is 0 Å². The molecule has 0 aliphatic carbocycles. The number of carbonyl (C=O) groups excluding carboxylic acids is 3. The number of rotatable bonds is 6. The van der Waals surface area contributed by atoms with Crippen molar-refractivity contribution in [3.05, 3.63) is 53.3 Å². The van der Waals surface area contributed by atoms with E-state index < -0.39 is 30.2 Å². The number of hydrogen-bond donors (Lipinski definition) is 1. The first-order valence-corrected chi connectivity index (χ1v) is 9.11. The number of amides is 2. The molecule has 1 fully saturated rings. The molecule has 0 spiro atoms. The monoisotopic (exact) mass is 420 g/mol. The predicted molar refractivity (Wildman–Crippen MR) is 104 cm³/mol. The number of methoxy groups -OCH3 is 1. The molecule has 152 valence electrons. The summed E-state index contributed by atoms with van der Waals surface area (Å²) < 4.78 is 23.2. The van der Waals surface area contributed by atoms with Gasteiger partial charge in [0.05, 0.1) is 18.1 Å². The Balaban J connectivity index is 1.52. The van der Waals surface area contributed by atoms with Crippen LogP contribution in [0.2, 0.25) is 5.02 Å². The van der Waals surface area contributed by atoms with Crippen LogP contribution in [0, 0.1) is 11.7 Å². The largest absolute Gasteiger partial charge is 0.497 e. The van der Waals surface area contributed by atoms with Gasteiger partial charge in [0.25, 0.3) is 5.91 Å². The maximum absolute atomic E-state index is 13.1. The number of ether oxygens (including phenoxy) is 2. The molecule has 1 unspecified atom stereocenters. The summed E-state index contributed by atoms with van der Waals surface area (Å²) in [7, 11) is 1.54. The minimum Gasteiger partial charge on any atom is -0.497 e. The van der Waals surface area contributed by atoms with Crippen molar-refractivity contribution in [1.82, 2.24) is 0 Å². The number of carbonyl (C=O) groups is 3. The molecule has 2 aromatic carbocycles. The third-order valence-corrected chi connectivity index (χ3v) is 4.68. The minimum absolute atomic E-state index is 0.0000512. The van der Waals surface area contributed by atoms with Crippen molar-refractivity contribution >= 4 is 40.8 Å². The molecule has 0 bridgehead atoms. The van der Waals surface area contributed by atoms with Crippen LogP contribution in [-0.4, -0.2) is 38.0 Å². The molecule has 1 aliphatic rings. The molecule has 2 amide bonds. The van der Waals surface area contributed by atoms with E-state index in [0.717, 1.165) is 6.07 Å². The highest BCUT2D eigenvalue weighted by Crippen LogP contribution is 2.27. The van der Waals surface area contributed by atoms with Gasteiger partial charge in [0.2, 0.25) is 5.91 Å². The fourth-order valence-electron chi connectivity index (χ4n) is 2.90. The van der Waals surface area contributed by atoms with E-state index in [1.165, 1.54) is 17.0 Å². The zero-order valence-electron chi connectivity index (χ0n) is 15.5. The Morgan fingerprint density at radius 1 is 1.24 bits per heavy atom. The highest BCUT2D eigenvalue weighted by molar-refractivity contribution is 6.31. The third-order valence-electron chi connectivity index (χ3n) is 4.39. The van der Waals surface area contributed by atoms with E-state index in [9.17, 15) is 18.8 Å². The second-order valence-corrected chi connectivity index (χ2v) is 6.80. The highest BCUT2D eigenvalue weighted by Gasteiger charge is 2.36. The zero-order valence-corrected chi connectivity index (χ0v) is 16.2. The number of anilines is 2. The molecule has 2 aromatic rings. The van der Waals surface area contributed by atoms with Crippen LogP contribution in [0.25, 0.3) is 0 Å². The normalized spacial score (nSPS) is 15.9. The molecule has 7 nitrogen and oxygen atoms in total. The minimum atomic E-state index is -0.669. The van der Waals surface area contributed by atoms with Crippen molar-refractivity contribution in [2.75, 3.05) is 30.5 Å². The van der Waals surface area contributed by atoms with Crippen molar-refractivity contribution in [2.24, 2.45) is 5.92 Å². The molecule has 1 saturated heterocycles. The van der Waals surface area contributed by atoms with Gasteiger partial charge in [0.15, 0.2) is 6.61 Å². The van der Waals surface area contributed by atoms with Crippen molar-refractivity contribution in [2.45, 2.75) is 6.42 Å². The number of nitrogens with one attached hydrogen (secondary N) is 1. The number of hydrogen-bond acceptors (Lipinski definition) is 5. The first-order valence-electron chi connectivity index (χ1n) is 8.73. The lowest BCUT2D eigenvalue weighted by atomic mass is 10.1. The molecule has 0 saturated carbocycles. The quantitative estimate of drug-likeness (QED) is 0.726. The van der Waals surface area contributed by atoms with Crippen molar-refractivity contribution in [1.29, 1.82) is 0 Å². The molecular formula is C20H18ClFN2O5. The lowest BCUT2D eigenvalue weighted by Crippen LogP contribution is -2.28. The van der Waals surface area contributed by atoms with Gasteiger partial charge in [-0.05, 0) is 42.5 Å². The first kappa shape index (κ1) is 20.6. The predicted octanol–water partition coefficient (Wildman–Crippen LogP) is 3.02. The summed E-state index contributed by atoms with van der Waals surface area (Å²) >= 11 is 5.65. The molecule has 29 heavy (non-hydrogen) atoms. The topological polar surface area (TPSA) is 84.9 Å². The fourth-order valence-corrected chi connectivity index (χ4v) is 3.08. The molecule has 9 heteroatoms. The Morgan fingerprint density at radius 2 is 1.97 bits per heavy atom. The number of halogens is 2. The van der Waals surface area contributed by atoms with Gasteiger partial charge < -0.3 is 19.7 Å². The fraction of sp³-hybridized carbons (Fsp3) is 0.250. The zero-order chi connectivity index (χ0) is 21.0. The van der Waals surface area contributed by atoms with Crippen LogP contribution in [0.4, 0.5) is 15.8 Å². The highest BCUT2D eigenvalue weighted by atomic mass is 35.5. The summed E-state index contributed by atoms with van der Waals surface area (Å²) in [5.41, 5.74) is 0.927. The van der Waals surface area contributed by atoms with Crippen LogP contribution in [-0.2, 0) is 19.1 Å². The van der Waals surface area contributed by atoms with Gasteiger partial charge in [-0.2, -0.15) is 0 Å². The van der Waals surface area contributed by atoms with Gasteiger partial charge in [-0.1, -0.05) is 11.6 Å². The van der Waals surface area contributed by atoms with E-state index in [1.54, 1.807) is 31.4 Å². The Labute approximate surface area is 171 Å². The van der Waals surface area contributed by atoms with E-state index in [0.29, 0.717) is 11.4 Å². The van der Waals surface area contributed by atoms with Crippen molar-refractivity contribution in [3.8, 4) is 5.75 Å². The van der Waals surface area contributed by atoms with Gasteiger partial charge in [0, 0.05) is 24.3 Å². The lowest BCUT2D eigenvalue weighted by Gasteiger charge is -2.16. The maximum atomic E-state index is 13.1. The third kappa shape index (κ3) is 5.03. The van der Waals surface area contributed by atoms with Crippen LogP contribution < -0.4 is 15.0 Å². The molecule has 1 N–H and O–H groups in total. The molecule has 3 rings (SSSR count). The van der Waals surface area contributed by atoms with Crippen LogP contribution in [0.5, 0.6) is 5.75 Å². The molecular weight excluding hydrogens is 403 g/mol. The Hall–Kier alpha value is -3.13.